The lowest BCUT2D eigenvalue weighted by Gasteiger charge is -2.17. The normalized spacial score (nSPS) is 12.1. The fourth-order valence-electron chi connectivity index (χ4n) is 2.57. The van der Waals surface area contributed by atoms with Gasteiger partial charge in [0.15, 0.2) is 0 Å². The van der Waals surface area contributed by atoms with Gasteiger partial charge >= 0.3 is 0 Å². The van der Waals surface area contributed by atoms with Crippen molar-refractivity contribution in [2.24, 2.45) is 0 Å². The summed E-state index contributed by atoms with van der Waals surface area (Å²) in [5.74, 6) is 0. The Labute approximate surface area is 125 Å². The van der Waals surface area contributed by atoms with E-state index in [9.17, 15) is 0 Å². The molecule has 0 radical (unpaired) electrons. The third-order valence-electron chi connectivity index (χ3n) is 3.71. The van der Waals surface area contributed by atoms with Crippen molar-refractivity contribution in [1.29, 1.82) is 0 Å². The highest BCUT2D eigenvalue weighted by molar-refractivity contribution is 5.85. The third-order valence-corrected chi connectivity index (χ3v) is 3.71. The predicted molar refractivity (Wildman–Crippen MR) is 88.3 cm³/mol. The Bertz CT molecular complexity index is 351. The average Bonchev–Trinajstić information content (AvgIpc) is 2.27. The van der Waals surface area contributed by atoms with Crippen LogP contribution in [0, 0.1) is 20.8 Å². The Morgan fingerprint density at radius 3 is 2.16 bits per heavy atom. The predicted octanol–water partition coefficient (Wildman–Crippen LogP) is 5.09. The third kappa shape index (κ3) is 6.44. The van der Waals surface area contributed by atoms with E-state index in [-0.39, 0.29) is 12.4 Å². The highest BCUT2D eigenvalue weighted by Crippen LogP contribution is 2.16. The summed E-state index contributed by atoms with van der Waals surface area (Å²) in [6, 6.07) is 5.19. The van der Waals surface area contributed by atoms with E-state index in [2.05, 4.69) is 52.1 Å². The van der Waals surface area contributed by atoms with Gasteiger partial charge in [-0.15, -0.1) is 12.4 Å². The second-order valence-corrected chi connectivity index (χ2v) is 5.66. The molecule has 0 heterocycles. The molecule has 0 bridgehead atoms. The van der Waals surface area contributed by atoms with Gasteiger partial charge in [-0.2, -0.15) is 0 Å². The summed E-state index contributed by atoms with van der Waals surface area (Å²) in [6.45, 7) is 12.2. The molecule has 0 aliphatic carbocycles. The number of halogens is 1. The van der Waals surface area contributed by atoms with Crippen molar-refractivity contribution in [2.45, 2.75) is 72.9 Å². The summed E-state index contributed by atoms with van der Waals surface area (Å²) in [7, 11) is 0. The molecule has 1 aromatic carbocycles. The lowest BCUT2D eigenvalue weighted by Crippen LogP contribution is -2.26. The Balaban J connectivity index is 0.00000324. The topological polar surface area (TPSA) is 12.0 Å². The number of unbranched alkanes of at least 4 members (excludes halogenated alkanes) is 2. The molecule has 1 N–H and O–H groups in total. The van der Waals surface area contributed by atoms with Crippen LogP contribution in [-0.4, -0.2) is 6.04 Å². The first kappa shape index (κ1) is 18.5. The van der Waals surface area contributed by atoms with Gasteiger partial charge in [0.05, 0.1) is 0 Å². The summed E-state index contributed by atoms with van der Waals surface area (Å²) >= 11 is 0. The van der Waals surface area contributed by atoms with Crippen LogP contribution >= 0.6 is 12.4 Å². The molecule has 1 rings (SSSR count). The van der Waals surface area contributed by atoms with Crippen LogP contribution < -0.4 is 5.32 Å². The van der Waals surface area contributed by atoms with Crippen LogP contribution in [0.15, 0.2) is 12.1 Å². The first-order valence-corrected chi connectivity index (χ1v) is 7.34. The Morgan fingerprint density at radius 2 is 1.63 bits per heavy atom. The highest BCUT2D eigenvalue weighted by atomic mass is 35.5. The molecule has 0 saturated heterocycles. The molecule has 0 aliphatic heterocycles. The Morgan fingerprint density at radius 1 is 1.05 bits per heavy atom. The first-order chi connectivity index (χ1) is 8.54. The molecule has 0 aliphatic rings. The van der Waals surface area contributed by atoms with Gasteiger partial charge in [0.2, 0.25) is 0 Å². The van der Waals surface area contributed by atoms with Crippen molar-refractivity contribution in [3.63, 3.8) is 0 Å². The monoisotopic (exact) mass is 283 g/mol. The molecule has 0 aromatic heterocycles. The zero-order valence-corrected chi connectivity index (χ0v) is 14.0. The zero-order valence-electron chi connectivity index (χ0n) is 13.2. The second-order valence-electron chi connectivity index (χ2n) is 5.66. The van der Waals surface area contributed by atoms with Crippen LogP contribution in [0.4, 0.5) is 0 Å². The number of benzene rings is 1. The molecule has 110 valence electrons. The summed E-state index contributed by atoms with van der Waals surface area (Å²) in [5.41, 5.74) is 5.68. The highest BCUT2D eigenvalue weighted by Gasteiger charge is 2.06. The van der Waals surface area contributed by atoms with Gasteiger partial charge in [-0.25, -0.2) is 0 Å². The minimum atomic E-state index is 0. The maximum atomic E-state index is 3.66. The molecule has 1 atom stereocenters. The Kier molecular flexibility index (Phi) is 9.12. The van der Waals surface area contributed by atoms with E-state index < -0.39 is 0 Å². The van der Waals surface area contributed by atoms with Gasteiger partial charge in [-0.3, -0.25) is 0 Å². The molecule has 0 saturated carbocycles. The molecular formula is C17H30ClN. The van der Waals surface area contributed by atoms with Crippen LogP contribution in [0.3, 0.4) is 0 Å². The number of hydrogen-bond acceptors (Lipinski definition) is 1. The molecule has 1 unspecified atom stereocenters. The van der Waals surface area contributed by atoms with Crippen molar-refractivity contribution in [3.05, 3.63) is 34.4 Å². The number of nitrogens with one attached hydrogen (secondary N) is 1. The van der Waals surface area contributed by atoms with Crippen LogP contribution in [-0.2, 0) is 6.54 Å². The van der Waals surface area contributed by atoms with Gasteiger partial charge in [-0.05, 0) is 50.8 Å². The molecule has 1 nitrogen and oxygen atoms in total. The number of hydrogen-bond donors (Lipinski definition) is 1. The lowest BCUT2D eigenvalue weighted by atomic mass is 9.99. The van der Waals surface area contributed by atoms with E-state index in [0.717, 1.165) is 6.54 Å². The standard InChI is InChI=1S/C17H29N.ClH/c1-6-7-8-9-16(5)18-12-17-14(3)10-13(2)11-15(17)4;/h10-11,16,18H,6-9,12H2,1-5H3;1H. The van der Waals surface area contributed by atoms with E-state index in [1.54, 1.807) is 0 Å². The van der Waals surface area contributed by atoms with Crippen LogP contribution in [0.5, 0.6) is 0 Å². The van der Waals surface area contributed by atoms with Crippen LogP contribution in [0.25, 0.3) is 0 Å². The van der Waals surface area contributed by atoms with E-state index in [1.807, 2.05) is 0 Å². The van der Waals surface area contributed by atoms with Crippen molar-refractivity contribution in [1.82, 2.24) is 5.32 Å². The van der Waals surface area contributed by atoms with E-state index in [4.69, 9.17) is 0 Å². The maximum Gasteiger partial charge on any atom is 0.0213 e. The van der Waals surface area contributed by atoms with Gasteiger partial charge in [0.25, 0.3) is 0 Å². The van der Waals surface area contributed by atoms with Gasteiger partial charge in [-0.1, -0.05) is 43.9 Å². The zero-order chi connectivity index (χ0) is 13.5. The largest absolute Gasteiger partial charge is 0.310 e. The fourth-order valence-corrected chi connectivity index (χ4v) is 2.57. The smallest absolute Gasteiger partial charge is 0.0213 e. The SMILES string of the molecule is CCCCCC(C)NCc1c(C)cc(C)cc1C.Cl. The van der Waals surface area contributed by atoms with E-state index in [0.29, 0.717) is 6.04 Å². The van der Waals surface area contributed by atoms with Gasteiger partial charge < -0.3 is 5.32 Å². The maximum absolute atomic E-state index is 3.66. The van der Waals surface area contributed by atoms with Crippen molar-refractivity contribution in [2.75, 3.05) is 0 Å². The minimum Gasteiger partial charge on any atom is -0.310 e. The minimum absolute atomic E-state index is 0. The number of rotatable bonds is 7. The molecule has 0 amide bonds. The summed E-state index contributed by atoms with van der Waals surface area (Å²) in [6.07, 6.45) is 5.30. The van der Waals surface area contributed by atoms with E-state index in [1.165, 1.54) is 47.9 Å². The van der Waals surface area contributed by atoms with Gasteiger partial charge in [0, 0.05) is 12.6 Å². The quantitative estimate of drug-likeness (QED) is 0.687. The number of aryl methyl sites for hydroxylation is 3. The van der Waals surface area contributed by atoms with Gasteiger partial charge in [0.1, 0.15) is 0 Å². The second kappa shape index (κ2) is 9.39. The average molecular weight is 284 g/mol. The van der Waals surface area contributed by atoms with Crippen LogP contribution in [0.1, 0.15) is 61.8 Å². The molecule has 0 spiro atoms. The fraction of sp³-hybridized carbons (Fsp3) is 0.647. The van der Waals surface area contributed by atoms with Crippen molar-refractivity contribution < 1.29 is 0 Å². The molecular weight excluding hydrogens is 254 g/mol. The molecule has 2 heteroatoms. The van der Waals surface area contributed by atoms with Crippen molar-refractivity contribution >= 4 is 12.4 Å². The Hall–Kier alpha value is -0.530. The van der Waals surface area contributed by atoms with E-state index >= 15 is 0 Å². The summed E-state index contributed by atoms with van der Waals surface area (Å²) in [5, 5.41) is 3.66. The molecule has 1 aromatic rings. The summed E-state index contributed by atoms with van der Waals surface area (Å²) < 4.78 is 0. The molecule has 0 fully saturated rings. The van der Waals surface area contributed by atoms with Crippen molar-refractivity contribution in [3.8, 4) is 0 Å². The molecule has 19 heavy (non-hydrogen) atoms. The lowest BCUT2D eigenvalue weighted by molar-refractivity contribution is 0.486. The van der Waals surface area contributed by atoms with Crippen LogP contribution in [0.2, 0.25) is 0 Å². The summed E-state index contributed by atoms with van der Waals surface area (Å²) in [4.78, 5) is 0. The first-order valence-electron chi connectivity index (χ1n) is 7.34.